The molecule has 0 unspecified atom stereocenters. The zero-order chi connectivity index (χ0) is 13.9. The van der Waals surface area contributed by atoms with Crippen LogP contribution in [0.3, 0.4) is 0 Å². The molecule has 1 aromatic heterocycles. The molecule has 0 radical (unpaired) electrons. The van der Waals surface area contributed by atoms with Gasteiger partial charge in [0.1, 0.15) is 0 Å². The van der Waals surface area contributed by atoms with E-state index in [0.29, 0.717) is 28.8 Å². The van der Waals surface area contributed by atoms with E-state index >= 15 is 0 Å². The van der Waals surface area contributed by atoms with Gasteiger partial charge in [0, 0.05) is 6.54 Å². The summed E-state index contributed by atoms with van der Waals surface area (Å²) in [5.41, 5.74) is 9.88. The van der Waals surface area contributed by atoms with Gasteiger partial charge >= 0.3 is 0 Å². The summed E-state index contributed by atoms with van der Waals surface area (Å²) in [6, 6.07) is 13.1. The molecular weight excluding hydrogens is 254 g/mol. The topological polar surface area (TPSA) is 101 Å². The molecule has 3 N–H and O–H groups in total. The van der Waals surface area contributed by atoms with Crippen molar-refractivity contribution in [3.05, 3.63) is 47.5 Å². The standard InChI is InChI=1S/C14H11N5O/c15-7-9-2-1-3-10(6-9)8-17-12-5-4-11(16)13-14(12)19-20-18-13/h1-6,17H,8,16H2. The third-order valence-corrected chi connectivity index (χ3v) is 2.99. The van der Waals surface area contributed by atoms with Crippen LogP contribution in [-0.2, 0) is 6.54 Å². The molecule has 20 heavy (non-hydrogen) atoms. The fraction of sp³-hybridized carbons (Fsp3) is 0.0714. The van der Waals surface area contributed by atoms with Gasteiger partial charge in [-0.1, -0.05) is 12.1 Å². The summed E-state index contributed by atoms with van der Waals surface area (Å²) in [5.74, 6) is 0. The van der Waals surface area contributed by atoms with E-state index in [1.807, 2.05) is 24.3 Å². The summed E-state index contributed by atoms with van der Waals surface area (Å²) >= 11 is 0. The van der Waals surface area contributed by atoms with E-state index in [-0.39, 0.29) is 0 Å². The Bertz CT molecular complexity index is 803. The molecule has 0 aliphatic carbocycles. The molecule has 1 heterocycles. The van der Waals surface area contributed by atoms with Crippen LogP contribution in [0.25, 0.3) is 11.0 Å². The first-order chi connectivity index (χ1) is 9.78. The second kappa shape index (κ2) is 4.90. The Morgan fingerprint density at radius 2 is 2.05 bits per heavy atom. The first-order valence-corrected chi connectivity index (χ1v) is 6.01. The van der Waals surface area contributed by atoms with E-state index in [1.165, 1.54) is 0 Å². The maximum atomic E-state index is 8.88. The van der Waals surface area contributed by atoms with Gasteiger partial charge < -0.3 is 11.1 Å². The van der Waals surface area contributed by atoms with Gasteiger partial charge in [-0.3, -0.25) is 0 Å². The highest BCUT2D eigenvalue weighted by Crippen LogP contribution is 2.25. The quantitative estimate of drug-likeness (QED) is 0.704. The Hall–Kier alpha value is -3.07. The number of fused-ring (bicyclic) bond motifs is 1. The molecule has 0 amide bonds. The minimum absolute atomic E-state index is 0.526. The van der Waals surface area contributed by atoms with Crippen LogP contribution in [0.5, 0.6) is 0 Å². The van der Waals surface area contributed by atoms with Gasteiger partial charge in [-0.05, 0) is 40.1 Å². The lowest BCUT2D eigenvalue weighted by Gasteiger charge is -2.07. The second-order valence-electron chi connectivity index (χ2n) is 4.33. The lowest BCUT2D eigenvalue weighted by molar-refractivity contribution is 0.316. The number of hydrogen-bond acceptors (Lipinski definition) is 6. The summed E-state index contributed by atoms with van der Waals surface area (Å²) < 4.78 is 4.71. The number of nitrogens with zero attached hydrogens (tertiary/aromatic N) is 3. The van der Waals surface area contributed by atoms with Crippen molar-refractivity contribution in [1.29, 1.82) is 5.26 Å². The third-order valence-electron chi connectivity index (χ3n) is 2.99. The third kappa shape index (κ3) is 2.12. The minimum Gasteiger partial charge on any atom is -0.397 e. The van der Waals surface area contributed by atoms with Crippen LogP contribution in [0.4, 0.5) is 11.4 Å². The Balaban J connectivity index is 1.85. The number of nitrogen functional groups attached to an aromatic ring is 1. The second-order valence-corrected chi connectivity index (χ2v) is 4.33. The molecule has 0 saturated carbocycles. The molecule has 3 rings (SSSR count). The molecule has 0 atom stereocenters. The monoisotopic (exact) mass is 265 g/mol. The van der Waals surface area contributed by atoms with Crippen LogP contribution in [0.2, 0.25) is 0 Å². The smallest absolute Gasteiger partial charge is 0.160 e. The fourth-order valence-electron chi connectivity index (χ4n) is 1.98. The van der Waals surface area contributed by atoms with Crippen molar-refractivity contribution in [3.63, 3.8) is 0 Å². The number of aromatic nitrogens is 2. The summed E-state index contributed by atoms with van der Waals surface area (Å²) in [4.78, 5) is 0. The van der Waals surface area contributed by atoms with Crippen LogP contribution < -0.4 is 11.1 Å². The molecule has 2 aromatic carbocycles. The van der Waals surface area contributed by atoms with E-state index in [4.69, 9.17) is 15.6 Å². The molecule has 6 heteroatoms. The van der Waals surface area contributed by atoms with Crippen LogP contribution in [0.15, 0.2) is 41.0 Å². The molecule has 0 aliphatic heterocycles. The van der Waals surface area contributed by atoms with Gasteiger partial charge in [-0.2, -0.15) is 5.26 Å². The van der Waals surface area contributed by atoms with Crippen LogP contribution in [-0.4, -0.2) is 10.3 Å². The maximum Gasteiger partial charge on any atom is 0.160 e. The predicted octanol–water partition coefficient (Wildman–Crippen LogP) is 2.29. The molecule has 6 nitrogen and oxygen atoms in total. The van der Waals surface area contributed by atoms with Crippen LogP contribution in [0, 0.1) is 11.3 Å². The van der Waals surface area contributed by atoms with Gasteiger partial charge in [0.2, 0.25) is 0 Å². The molecule has 0 aliphatic rings. The summed E-state index contributed by atoms with van der Waals surface area (Å²) in [7, 11) is 0. The van der Waals surface area contributed by atoms with Crippen LogP contribution >= 0.6 is 0 Å². The highest BCUT2D eigenvalue weighted by Gasteiger charge is 2.09. The average molecular weight is 265 g/mol. The number of rotatable bonds is 3. The van der Waals surface area contributed by atoms with Crippen molar-refractivity contribution in [2.45, 2.75) is 6.54 Å². The van der Waals surface area contributed by atoms with Gasteiger partial charge in [0.15, 0.2) is 11.0 Å². The number of benzene rings is 2. The number of nitrogens with one attached hydrogen (secondary N) is 1. The van der Waals surface area contributed by atoms with Crippen molar-refractivity contribution < 1.29 is 4.63 Å². The summed E-state index contributed by atoms with van der Waals surface area (Å²) in [5, 5.41) is 19.7. The first kappa shape index (κ1) is 12.0. The zero-order valence-electron chi connectivity index (χ0n) is 10.5. The van der Waals surface area contributed by atoms with Crippen molar-refractivity contribution >= 4 is 22.4 Å². The predicted molar refractivity (Wildman–Crippen MR) is 74.7 cm³/mol. The van der Waals surface area contributed by atoms with E-state index < -0.39 is 0 Å². The Morgan fingerprint density at radius 3 is 2.90 bits per heavy atom. The van der Waals surface area contributed by atoms with Crippen molar-refractivity contribution in [2.75, 3.05) is 11.1 Å². The van der Waals surface area contributed by atoms with E-state index in [9.17, 15) is 0 Å². The van der Waals surface area contributed by atoms with Crippen molar-refractivity contribution in [3.8, 4) is 6.07 Å². The fourth-order valence-corrected chi connectivity index (χ4v) is 1.98. The zero-order valence-corrected chi connectivity index (χ0v) is 10.5. The number of anilines is 2. The Labute approximate surface area is 114 Å². The molecular formula is C14H11N5O. The van der Waals surface area contributed by atoms with Gasteiger partial charge in [0.05, 0.1) is 23.0 Å². The molecule has 3 aromatic rings. The van der Waals surface area contributed by atoms with Crippen molar-refractivity contribution in [2.24, 2.45) is 0 Å². The molecule has 0 spiro atoms. The molecule has 98 valence electrons. The molecule has 0 fully saturated rings. The first-order valence-electron chi connectivity index (χ1n) is 6.01. The van der Waals surface area contributed by atoms with Gasteiger partial charge in [-0.15, -0.1) is 0 Å². The minimum atomic E-state index is 0.526. The number of hydrogen-bond donors (Lipinski definition) is 2. The van der Waals surface area contributed by atoms with E-state index in [0.717, 1.165) is 11.3 Å². The number of nitrogens with two attached hydrogens (primary N) is 1. The lowest BCUT2D eigenvalue weighted by atomic mass is 10.1. The normalized spacial score (nSPS) is 10.3. The highest BCUT2D eigenvalue weighted by molar-refractivity contribution is 5.94. The Morgan fingerprint density at radius 1 is 1.20 bits per heavy atom. The summed E-state index contributed by atoms with van der Waals surface area (Å²) in [6.45, 7) is 0.571. The van der Waals surface area contributed by atoms with E-state index in [2.05, 4.69) is 21.7 Å². The maximum absolute atomic E-state index is 8.88. The SMILES string of the molecule is N#Cc1cccc(CNc2ccc(N)c3nonc23)c1. The van der Waals surface area contributed by atoms with Gasteiger partial charge in [0.25, 0.3) is 0 Å². The van der Waals surface area contributed by atoms with E-state index in [1.54, 1.807) is 12.1 Å². The van der Waals surface area contributed by atoms with Crippen molar-refractivity contribution in [1.82, 2.24) is 10.3 Å². The average Bonchev–Trinajstić information content (AvgIpc) is 2.97. The van der Waals surface area contributed by atoms with Crippen LogP contribution in [0.1, 0.15) is 11.1 Å². The van der Waals surface area contributed by atoms with Gasteiger partial charge in [-0.25, -0.2) is 4.63 Å². The largest absolute Gasteiger partial charge is 0.397 e. The summed E-state index contributed by atoms with van der Waals surface area (Å²) in [6.07, 6.45) is 0. The molecule has 0 bridgehead atoms. The number of nitriles is 1. The highest BCUT2D eigenvalue weighted by atomic mass is 16.6. The lowest BCUT2D eigenvalue weighted by Crippen LogP contribution is -2.01. The molecule has 0 saturated heterocycles. The Kier molecular flexibility index (Phi) is 2.94.